The molecule has 3 rings (SSSR count). The van der Waals surface area contributed by atoms with E-state index in [1.807, 2.05) is 25.7 Å². The standard InChI is InChI=1S/C20H27FN2O3/c1-19(2,3)18(25)22-10-5-8-20(9-11-22)14-23(17(24)13-26-20)16-7-4-6-15(21)12-16/h4,6-7,12H,5,8-11,13-14H2,1-3H3. The smallest absolute Gasteiger partial charge is 0.253 e. The van der Waals surface area contributed by atoms with Crippen molar-refractivity contribution in [2.24, 2.45) is 5.41 Å². The van der Waals surface area contributed by atoms with Crippen LogP contribution in [0.4, 0.5) is 10.1 Å². The van der Waals surface area contributed by atoms with Gasteiger partial charge in [-0.05, 0) is 37.5 Å². The molecule has 0 bridgehead atoms. The number of carbonyl (C=O) groups is 2. The lowest BCUT2D eigenvalue weighted by molar-refractivity contribution is -0.143. The van der Waals surface area contributed by atoms with Crippen LogP contribution in [-0.2, 0) is 14.3 Å². The fraction of sp³-hybridized carbons (Fsp3) is 0.600. The van der Waals surface area contributed by atoms with Crippen molar-refractivity contribution in [3.63, 3.8) is 0 Å². The number of halogens is 1. The quantitative estimate of drug-likeness (QED) is 0.772. The van der Waals surface area contributed by atoms with Crippen molar-refractivity contribution in [1.82, 2.24) is 4.90 Å². The number of hydrogen-bond acceptors (Lipinski definition) is 3. The van der Waals surface area contributed by atoms with Gasteiger partial charge in [0.15, 0.2) is 0 Å². The van der Waals surface area contributed by atoms with E-state index >= 15 is 0 Å². The molecule has 1 aromatic rings. The Morgan fingerprint density at radius 3 is 2.69 bits per heavy atom. The topological polar surface area (TPSA) is 49.9 Å². The van der Waals surface area contributed by atoms with Gasteiger partial charge in [-0.3, -0.25) is 9.59 Å². The Labute approximate surface area is 154 Å². The zero-order valence-corrected chi connectivity index (χ0v) is 15.8. The second-order valence-electron chi connectivity index (χ2n) is 8.33. The van der Waals surface area contributed by atoms with Gasteiger partial charge in [0.25, 0.3) is 5.91 Å². The van der Waals surface area contributed by atoms with Crippen LogP contribution in [0, 0.1) is 11.2 Å². The number of amides is 2. The fourth-order valence-electron chi connectivity index (χ4n) is 3.74. The first-order valence-electron chi connectivity index (χ1n) is 9.20. The number of carbonyl (C=O) groups excluding carboxylic acids is 2. The molecule has 0 radical (unpaired) electrons. The van der Waals surface area contributed by atoms with E-state index in [9.17, 15) is 14.0 Å². The van der Waals surface area contributed by atoms with Crippen molar-refractivity contribution in [2.75, 3.05) is 31.1 Å². The zero-order chi connectivity index (χ0) is 18.9. The molecule has 0 aliphatic carbocycles. The Bertz CT molecular complexity index is 701. The molecule has 142 valence electrons. The summed E-state index contributed by atoms with van der Waals surface area (Å²) in [6.07, 6.45) is 2.28. The number of benzene rings is 1. The Hall–Kier alpha value is -1.95. The summed E-state index contributed by atoms with van der Waals surface area (Å²) in [5, 5.41) is 0. The Kier molecular flexibility index (Phi) is 5.06. The Morgan fingerprint density at radius 2 is 2.00 bits per heavy atom. The van der Waals surface area contributed by atoms with Crippen LogP contribution in [-0.4, -0.2) is 48.6 Å². The monoisotopic (exact) mass is 362 g/mol. The maximum Gasteiger partial charge on any atom is 0.253 e. The highest BCUT2D eigenvalue weighted by Gasteiger charge is 2.42. The number of ether oxygens (including phenoxy) is 1. The van der Waals surface area contributed by atoms with Gasteiger partial charge in [-0.1, -0.05) is 26.8 Å². The van der Waals surface area contributed by atoms with E-state index in [4.69, 9.17) is 4.74 Å². The van der Waals surface area contributed by atoms with Gasteiger partial charge in [-0.15, -0.1) is 0 Å². The lowest BCUT2D eigenvalue weighted by atomic mass is 9.92. The number of hydrogen-bond donors (Lipinski definition) is 0. The van der Waals surface area contributed by atoms with Gasteiger partial charge in [0.1, 0.15) is 12.4 Å². The minimum absolute atomic E-state index is 0.0102. The van der Waals surface area contributed by atoms with Gasteiger partial charge >= 0.3 is 0 Å². The first kappa shape index (κ1) is 18.8. The Balaban J connectivity index is 1.76. The highest BCUT2D eigenvalue weighted by atomic mass is 19.1. The van der Waals surface area contributed by atoms with Crippen molar-refractivity contribution in [3.05, 3.63) is 30.1 Å². The highest BCUT2D eigenvalue weighted by Crippen LogP contribution is 2.34. The minimum atomic E-state index is -0.479. The van der Waals surface area contributed by atoms with Crippen LogP contribution in [0.2, 0.25) is 0 Å². The predicted octanol–water partition coefficient (Wildman–Crippen LogP) is 2.99. The van der Waals surface area contributed by atoms with Crippen molar-refractivity contribution in [2.45, 2.75) is 45.6 Å². The SMILES string of the molecule is CC(C)(C)C(=O)N1CCCC2(CC1)CN(c1cccc(F)c1)C(=O)CO2. The van der Waals surface area contributed by atoms with Crippen LogP contribution < -0.4 is 4.90 Å². The largest absolute Gasteiger partial charge is 0.363 e. The molecule has 1 atom stereocenters. The second kappa shape index (κ2) is 6.99. The van der Waals surface area contributed by atoms with Gasteiger partial charge in [-0.25, -0.2) is 4.39 Å². The van der Waals surface area contributed by atoms with E-state index in [1.165, 1.54) is 12.1 Å². The molecular formula is C20H27FN2O3. The maximum absolute atomic E-state index is 13.6. The van der Waals surface area contributed by atoms with E-state index in [0.29, 0.717) is 31.7 Å². The number of likely N-dealkylation sites (tertiary alicyclic amines) is 1. The number of morpholine rings is 1. The summed E-state index contributed by atoms with van der Waals surface area (Å²) in [7, 11) is 0. The average molecular weight is 362 g/mol. The normalized spacial score (nSPS) is 24.7. The number of rotatable bonds is 1. The molecule has 2 amide bonds. The minimum Gasteiger partial charge on any atom is -0.363 e. The molecule has 5 nitrogen and oxygen atoms in total. The lowest BCUT2D eigenvalue weighted by Gasteiger charge is -2.42. The first-order valence-corrected chi connectivity index (χ1v) is 9.20. The average Bonchev–Trinajstić information content (AvgIpc) is 2.78. The molecule has 0 saturated carbocycles. The molecule has 1 aromatic carbocycles. The second-order valence-corrected chi connectivity index (χ2v) is 8.33. The third-order valence-electron chi connectivity index (χ3n) is 5.20. The zero-order valence-electron chi connectivity index (χ0n) is 15.8. The van der Waals surface area contributed by atoms with Crippen molar-refractivity contribution < 1.29 is 18.7 Å². The van der Waals surface area contributed by atoms with Crippen LogP contribution in [0.1, 0.15) is 40.0 Å². The van der Waals surface area contributed by atoms with E-state index in [-0.39, 0.29) is 24.2 Å². The molecule has 2 aliphatic heterocycles. The summed E-state index contributed by atoms with van der Waals surface area (Å²) in [6.45, 7) is 7.49. The molecule has 2 aliphatic rings. The van der Waals surface area contributed by atoms with Gasteiger partial charge in [0.05, 0.1) is 12.1 Å². The molecular weight excluding hydrogens is 335 g/mol. The van der Waals surface area contributed by atoms with Gasteiger partial charge in [0.2, 0.25) is 5.91 Å². The molecule has 2 fully saturated rings. The summed E-state index contributed by atoms with van der Waals surface area (Å²) in [5.74, 6) is -0.379. The van der Waals surface area contributed by atoms with Crippen LogP contribution in [0.5, 0.6) is 0 Å². The molecule has 6 heteroatoms. The first-order chi connectivity index (χ1) is 12.2. The fourth-order valence-corrected chi connectivity index (χ4v) is 3.74. The lowest BCUT2D eigenvalue weighted by Crippen LogP contribution is -2.55. The van der Waals surface area contributed by atoms with E-state index < -0.39 is 11.0 Å². The van der Waals surface area contributed by atoms with Crippen LogP contribution in [0.3, 0.4) is 0 Å². The van der Waals surface area contributed by atoms with Crippen molar-refractivity contribution >= 4 is 17.5 Å². The van der Waals surface area contributed by atoms with Crippen LogP contribution >= 0.6 is 0 Å². The predicted molar refractivity (Wildman–Crippen MR) is 97.3 cm³/mol. The summed E-state index contributed by atoms with van der Waals surface area (Å²) in [4.78, 5) is 28.5. The van der Waals surface area contributed by atoms with Crippen molar-refractivity contribution in [3.8, 4) is 0 Å². The van der Waals surface area contributed by atoms with E-state index in [0.717, 1.165) is 12.8 Å². The number of nitrogens with zero attached hydrogens (tertiary/aromatic N) is 2. The third kappa shape index (κ3) is 3.90. The van der Waals surface area contributed by atoms with Gasteiger partial charge in [0, 0.05) is 24.2 Å². The Morgan fingerprint density at radius 1 is 1.23 bits per heavy atom. The molecule has 26 heavy (non-hydrogen) atoms. The summed E-state index contributed by atoms with van der Waals surface area (Å²) >= 11 is 0. The molecule has 2 saturated heterocycles. The van der Waals surface area contributed by atoms with E-state index in [1.54, 1.807) is 17.0 Å². The molecule has 2 heterocycles. The maximum atomic E-state index is 13.6. The van der Waals surface area contributed by atoms with Crippen molar-refractivity contribution in [1.29, 1.82) is 0 Å². The van der Waals surface area contributed by atoms with Crippen LogP contribution in [0.15, 0.2) is 24.3 Å². The van der Waals surface area contributed by atoms with Gasteiger partial charge < -0.3 is 14.5 Å². The van der Waals surface area contributed by atoms with Gasteiger partial charge in [-0.2, -0.15) is 0 Å². The van der Waals surface area contributed by atoms with E-state index in [2.05, 4.69) is 0 Å². The third-order valence-corrected chi connectivity index (χ3v) is 5.20. The molecule has 0 N–H and O–H groups in total. The molecule has 1 spiro atoms. The highest BCUT2D eigenvalue weighted by molar-refractivity contribution is 5.95. The van der Waals surface area contributed by atoms with Crippen LogP contribution in [0.25, 0.3) is 0 Å². The summed E-state index contributed by atoms with van der Waals surface area (Å²) in [5.41, 5.74) is -0.328. The molecule has 1 unspecified atom stereocenters. The summed E-state index contributed by atoms with van der Waals surface area (Å²) in [6, 6.07) is 6.10. The molecule has 0 aromatic heterocycles. The summed E-state index contributed by atoms with van der Waals surface area (Å²) < 4.78 is 19.6. The number of anilines is 1.